The molecule has 11 aromatic rings. The minimum atomic E-state index is -0.115. The molecule has 438 valence electrons. The van der Waals surface area contributed by atoms with E-state index in [0.29, 0.717) is 0 Å². The molecular weight excluding hydrogens is 1060 g/mol. The van der Waals surface area contributed by atoms with Crippen molar-refractivity contribution in [1.82, 2.24) is 4.57 Å². The molecule has 4 heterocycles. The van der Waals surface area contributed by atoms with Crippen LogP contribution in [0.5, 0.6) is 0 Å². The molecule has 0 atom stereocenters. The zero-order valence-corrected chi connectivity index (χ0v) is 54.5. The lowest BCUT2D eigenvalue weighted by Crippen LogP contribution is -2.60. The first kappa shape index (κ1) is 56.6. The van der Waals surface area contributed by atoms with Gasteiger partial charge in [0.2, 0.25) is 0 Å². The molecule has 0 radical (unpaired) electrons. The number of furan rings is 1. The monoisotopic (exact) mass is 1140 g/mol. The Labute approximate surface area is 517 Å². The van der Waals surface area contributed by atoms with Crippen LogP contribution in [-0.4, -0.2) is 11.3 Å². The standard InChI is InChI=1S/C81H85BN4O/c1-50-45-63-64(81(16,17)44-43-80(63,14)15)49-67(50)85-68-46-59(83(55-33-25-51(26-34-55)76(2,3)4)56-35-27-52(28-36-56)77(5,6)7)41-42-65(68)82-66-23-20-22-62-73(66)86(74-61-21-18-19-24-71(61)87-75(62)74)70-48-60(47-69(85)72(70)82)84(57-37-29-53(30-38-57)78(8,9)10)58-39-31-54(32-40-58)79(11,12)13/h18-42,45-49H,43-44H2,1-17H3. The van der Waals surface area contributed by atoms with E-state index in [1.54, 1.807) is 0 Å². The molecule has 0 spiro atoms. The van der Waals surface area contributed by atoms with Crippen molar-refractivity contribution < 1.29 is 4.42 Å². The number of nitrogens with zero attached hydrogens (tertiary/aromatic N) is 4. The molecule has 0 saturated heterocycles. The lowest BCUT2D eigenvalue weighted by Gasteiger charge is -2.45. The van der Waals surface area contributed by atoms with Gasteiger partial charge in [0, 0.05) is 62.0 Å². The average Bonchev–Trinajstić information content (AvgIpc) is 1.64. The Bertz CT molecular complexity index is 4430. The summed E-state index contributed by atoms with van der Waals surface area (Å²) in [4.78, 5) is 7.68. The fourth-order valence-corrected chi connectivity index (χ4v) is 14.7. The molecule has 2 aromatic heterocycles. The first-order valence-electron chi connectivity index (χ1n) is 31.8. The van der Waals surface area contributed by atoms with Crippen molar-refractivity contribution in [2.45, 2.75) is 163 Å². The van der Waals surface area contributed by atoms with Crippen LogP contribution in [-0.2, 0) is 32.5 Å². The number of benzene rings is 9. The van der Waals surface area contributed by atoms with Gasteiger partial charge in [0.05, 0.1) is 11.2 Å². The van der Waals surface area contributed by atoms with Crippen LogP contribution in [0.4, 0.5) is 51.2 Å². The SMILES string of the molecule is Cc1cc2c(cc1N1c3cc(N(c4ccc(C(C)(C)C)cc4)c4ccc(C(C)(C)C)cc4)ccc3B3c4c1cc(N(c1ccc(C(C)(C)C)cc1)c1ccc(C(C)(C)C)cc1)cc4-n1c4c3cccc4c3oc4ccccc4c31)C(C)(C)CCC2(C)C. The molecule has 9 aromatic carbocycles. The Kier molecular flexibility index (Phi) is 12.6. The van der Waals surface area contributed by atoms with E-state index >= 15 is 0 Å². The second kappa shape index (κ2) is 19.4. The zero-order chi connectivity index (χ0) is 61.2. The molecule has 5 nitrogen and oxygen atoms in total. The molecule has 87 heavy (non-hydrogen) atoms. The molecule has 0 amide bonds. The number of aromatic nitrogens is 1. The molecule has 2 aliphatic heterocycles. The number of anilines is 9. The number of fused-ring (bicyclic) bond motifs is 10. The fraction of sp³-hybridized carbons (Fsp3) is 0.309. The highest BCUT2D eigenvalue weighted by atomic mass is 16.3. The minimum Gasteiger partial charge on any atom is -0.454 e. The van der Waals surface area contributed by atoms with Gasteiger partial charge in [0.25, 0.3) is 6.71 Å². The highest BCUT2D eigenvalue weighted by Crippen LogP contribution is 2.53. The van der Waals surface area contributed by atoms with E-state index in [1.807, 2.05) is 0 Å². The van der Waals surface area contributed by atoms with E-state index < -0.39 is 0 Å². The third-order valence-electron chi connectivity index (χ3n) is 20.0. The Morgan fingerprint density at radius 3 is 1.34 bits per heavy atom. The maximum atomic E-state index is 7.05. The molecular formula is C81H85BN4O. The summed E-state index contributed by atoms with van der Waals surface area (Å²) in [7, 11) is 0. The summed E-state index contributed by atoms with van der Waals surface area (Å²) < 4.78 is 9.63. The van der Waals surface area contributed by atoms with Gasteiger partial charge in [0.15, 0.2) is 5.58 Å². The molecule has 14 rings (SSSR count). The van der Waals surface area contributed by atoms with Crippen molar-refractivity contribution in [1.29, 1.82) is 0 Å². The fourth-order valence-electron chi connectivity index (χ4n) is 14.7. The highest BCUT2D eigenvalue weighted by Gasteiger charge is 2.45. The predicted octanol–water partition coefficient (Wildman–Crippen LogP) is 20.9. The van der Waals surface area contributed by atoms with Gasteiger partial charge in [0.1, 0.15) is 11.1 Å². The third-order valence-corrected chi connectivity index (χ3v) is 20.0. The number of aryl methyl sites for hydroxylation is 1. The number of para-hydroxylation sites is 2. The van der Waals surface area contributed by atoms with Crippen LogP contribution < -0.4 is 31.1 Å². The van der Waals surface area contributed by atoms with Gasteiger partial charge in [-0.3, -0.25) is 0 Å². The lowest BCUT2D eigenvalue weighted by atomic mass is 9.33. The van der Waals surface area contributed by atoms with E-state index in [0.717, 1.165) is 80.1 Å². The first-order valence-corrected chi connectivity index (χ1v) is 31.8. The number of hydrogen-bond donors (Lipinski definition) is 0. The zero-order valence-electron chi connectivity index (χ0n) is 54.5. The largest absolute Gasteiger partial charge is 0.454 e. The van der Waals surface area contributed by atoms with Gasteiger partial charge in [-0.15, -0.1) is 0 Å². The van der Waals surface area contributed by atoms with Crippen LogP contribution in [0.25, 0.3) is 38.7 Å². The van der Waals surface area contributed by atoms with Crippen LogP contribution >= 0.6 is 0 Å². The van der Waals surface area contributed by atoms with Crippen LogP contribution in [0.3, 0.4) is 0 Å². The van der Waals surface area contributed by atoms with Gasteiger partial charge in [-0.05, 0) is 205 Å². The van der Waals surface area contributed by atoms with Gasteiger partial charge in [-0.25, -0.2) is 0 Å². The smallest absolute Gasteiger partial charge is 0.252 e. The van der Waals surface area contributed by atoms with Crippen molar-refractivity contribution >= 4 is 107 Å². The molecule has 0 fully saturated rings. The summed E-state index contributed by atoms with van der Waals surface area (Å²) in [5.74, 6) is 0. The topological polar surface area (TPSA) is 27.8 Å². The van der Waals surface area contributed by atoms with E-state index in [-0.39, 0.29) is 39.2 Å². The maximum absolute atomic E-state index is 7.05. The van der Waals surface area contributed by atoms with Crippen LogP contribution in [0.15, 0.2) is 186 Å². The van der Waals surface area contributed by atoms with Crippen molar-refractivity contribution in [2.75, 3.05) is 14.7 Å². The Balaban J connectivity index is 1.12. The normalized spacial score (nSPS) is 15.2. The van der Waals surface area contributed by atoms with Crippen molar-refractivity contribution in [2.24, 2.45) is 0 Å². The van der Waals surface area contributed by atoms with Gasteiger partial charge < -0.3 is 23.7 Å². The van der Waals surface area contributed by atoms with E-state index in [4.69, 9.17) is 4.42 Å². The molecule has 1 aliphatic carbocycles. The van der Waals surface area contributed by atoms with E-state index in [9.17, 15) is 0 Å². The molecule has 0 N–H and O–H groups in total. The average molecular weight is 1140 g/mol. The summed E-state index contributed by atoms with van der Waals surface area (Å²) in [5, 5.41) is 2.24. The molecule has 6 heteroatoms. The lowest BCUT2D eigenvalue weighted by molar-refractivity contribution is 0.332. The summed E-state index contributed by atoms with van der Waals surface area (Å²) in [6.07, 6.45) is 2.26. The summed E-state index contributed by atoms with van der Waals surface area (Å²) >= 11 is 0. The highest BCUT2D eigenvalue weighted by molar-refractivity contribution is 7.00. The summed E-state index contributed by atoms with van der Waals surface area (Å²) in [5.41, 5.74) is 28.7. The number of rotatable bonds is 7. The second-order valence-corrected chi connectivity index (χ2v) is 31.1. The quantitative estimate of drug-likeness (QED) is 0.149. The predicted molar refractivity (Wildman–Crippen MR) is 374 cm³/mol. The Hall–Kier alpha value is -8.22. The van der Waals surface area contributed by atoms with Crippen molar-refractivity contribution in [3.8, 4) is 5.69 Å². The first-order chi connectivity index (χ1) is 41.1. The van der Waals surface area contributed by atoms with Crippen molar-refractivity contribution in [3.63, 3.8) is 0 Å². The molecule has 0 saturated carbocycles. The molecule has 0 bridgehead atoms. The van der Waals surface area contributed by atoms with E-state index in [1.165, 1.54) is 77.9 Å². The van der Waals surface area contributed by atoms with Crippen LogP contribution in [0, 0.1) is 6.92 Å². The van der Waals surface area contributed by atoms with E-state index in [2.05, 4.69) is 319 Å². The Morgan fingerprint density at radius 1 is 0.402 bits per heavy atom. The third kappa shape index (κ3) is 9.16. The number of hydrogen-bond acceptors (Lipinski definition) is 4. The Morgan fingerprint density at radius 2 is 0.839 bits per heavy atom. The van der Waals surface area contributed by atoms with Crippen molar-refractivity contribution in [3.05, 3.63) is 221 Å². The maximum Gasteiger partial charge on any atom is 0.252 e. The summed E-state index contributed by atoms with van der Waals surface area (Å²) in [6.45, 7) is 39.7. The van der Waals surface area contributed by atoms with Crippen LogP contribution in [0.1, 0.15) is 163 Å². The summed E-state index contributed by atoms with van der Waals surface area (Å²) in [6, 6.07) is 70.5. The van der Waals surface area contributed by atoms with Gasteiger partial charge in [-0.2, -0.15) is 0 Å². The molecule has 0 unspecified atom stereocenters. The van der Waals surface area contributed by atoms with Gasteiger partial charge in [-0.1, -0.05) is 196 Å². The second-order valence-electron chi connectivity index (χ2n) is 31.1. The van der Waals surface area contributed by atoms with Crippen LogP contribution in [0.2, 0.25) is 0 Å². The minimum absolute atomic E-state index is 0.00531. The van der Waals surface area contributed by atoms with Gasteiger partial charge >= 0.3 is 0 Å². The molecule has 3 aliphatic rings.